The van der Waals surface area contributed by atoms with E-state index >= 15 is 0 Å². The van der Waals surface area contributed by atoms with Gasteiger partial charge in [0, 0.05) is 32.9 Å². The molecule has 0 saturated heterocycles. The quantitative estimate of drug-likeness (QED) is 0.851. The predicted molar refractivity (Wildman–Crippen MR) is 67.5 cm³/mol. The van der Waals surface area contributed by atoms with Gasteiger partial charge in [-0.3, -0.25) is 0 Å². The zero-order valence-corrected chi connectivity index (χ0v) is 10.5. The van der Waals surface area contributed by atoms with Crippen molar-refractivity contribution in [1.82, 2.24) is 9.88 Å². The second-order valence-electron chi connectivity index (χ2n) is 3.80. The predicted octanol–water partition coefficient (Wildman–Crippen LogP) is 1.39. The highest BCUT2D eigenvalue weighted by molar-refractivity contribution is 5.64. The standard InChI is InChI=1S/C12H16N4O2/c1-3-16(12(17)18)7-6-15(2)11-8-10(9-13)4-5-14-11/h4-5,8H,3,6-7H2,1-2H3,(H,17,18). The second-order valence-corrected chi connectivity index (χ2v) is 3.80. The zero-order valence-electron chi connectivity index (χ0n) is 10.5. The monoisotopic (exact) mass is 248 g/mol. The van der Waals surface area contributed by atoms with Crippen LogP contribution in [-0.2, 0) is 0 Å². The number of nitrogens with zero attached hydrogens (tertiary/aromatic N) is 4. The van der Waals surface area contributed by atoms with E-state index < -0.39 is 6.09 Å². The highest BCUT2D eigenvalue weighted by Crippen LogP contribution is 2.10. The van der Waals surface area contributed by atoms with E-state index in [1.54, 1.807) is 25.3 Å². The molecule has 0 aliphatic heterocycles. The lowest BCUT2D eigenvalue weighted by atomic mass is 10.3. The number of rotatable bonds is 5. The number of aromatic nitrogens is 1. The minimum atomic E-state index is -0.926. The Hall–Kier alpha value is -2.29. The number of amides is 1. The number of anilines is 1. The molecule has 0 atom stereocenters. The number of hydrogen-bond acceptors (Lipinski definition) is 4. The topological polar surface area (TPSA) is 80.5 Å². The molecule has 0 unspecified atom stereocenters. The summed E-state index contributed by atoms with van der Waals surface area (Å²) in [5, 5.41) is 17.7. The molecule has 0 spiro atoms. The van der Waals surface area contributed by atoms with Crippen molar-refractivity contribution in [3.05, 3.63) is 23.9 Å². The maximum atomic E-state index is 10.8. The maximum Gasteiger partial charge on any atom is 0.407 e. The van der Waals surface area contributed by atoms with Crippen LogP contribution >= 0.6 is 0 Å². The van der Waals surface area contributed by atoms with Gasteiger partial charge in [-0.1, -0.05) is 0 Å². The van der Waals surface area contributed by atoms with Crippen molar-refractivity contribution in [1.29, 1.82) is 5.26 Å². The second kappa shape index (κ2) is 6.45. The summed E-state index contributed by atoms with van der Waals surface area (Å²) in [5.74, 6) is 0.662. The van der Waals surface area contributed by atoms with E-state index in [-0.39, 0.29) is 0 Å². The van der Waals surface area contributed by atoms with Crippen molar-refractivity contribution < 1.29 is 9.90 Å². The summed E-state index contributed by atoms with van der Waals surface area (Å²) < 4.78 is 0. The molecule has 1 aromatic rings. The van der Waals surface area contributed by atoms with Crippen LogP contribution in [0.1, 0.15) is 12.5 Å². The molecule has 0 saturated carbocycles. The highest BCUT2D eigenvalue weighted by atomic mass is 16.4. The Kier molecular flexibility index (Phi) is 4.93. The number of likely N-dealkylation sites (N-methyl/N-ethyl adjacent to an activating group) is 2. The van der Waals surface area contributed by atoms with E-state index in [2.05, 4.69) is 4.98 Å². The molecule has 1 aromatic heterocycles. The first kappa shape index (κ1) is 13.8. The van der Waals surface area contributed by atoms with E-state index in [0.717, 1.165) is 0 Å². The van der Waals surface area contributed by atoms with Crippen molar-refractivity contribution in [2.24, 2.45) is 0 Å². The summed E-state index contributed by atoms with van der Waals surface area (Å²) in [4.78, 5) is 18.1. The molecular formula is C12H16N4O2. The normalized spacial score (nSPS) is 9.61. The van der Waals surface area contributed by atoms with Crippen molar-refractivity contribution >= 4 is 11.9 Å². The van der Waals surface area contributed by atoms with Crippen LogP contribution in [-0.4, -0.2) is 47.8 Å². The number of carbonyl (C=O) groups is 1. The molecule has 0 fully saturated rings. The van der Waals surface area contributed by atoms with Crippen molar-refractivity contribution in [2.75, 3.05) is 31.6 Å². The van der Waals surface area contributed by atoms with Crippen LogP contribution in [0.5, 0.6) is 0 Å². The van der Waals surface area contributed by atoms with Crippen molar-refractivity contribution in [3.63, 3.8) is 0 Å². The third-order valence-electron chi connectivity index (χ3n) is 2.62. The Morgan fingerprint density at radius 1 is 1.56 bits per heavy atom. The average Bonchev–Trinajstić information content (AvgIpc) is 2.38. The van der Waals surface area contributed by atoms with Crippen LogP contribution in [0.4, 0.5) is 10.6 Å². The van der Waals surface area contributed by atoms with Gasteiger partial charge in [0.2, 0.25) is 0 Å². The lowest BCUT2D eigenvalue weighted by Crippen LogP contribution is -2.36. The highest BCUT2D eigenvalue weighted by Gasteiger charge is 2.10. The van der Waals surface area contributed by atoms with Crippen LogP contribution < -0.4 is 4.90 Å². The van der Waals surface area contributed by atoms with Crippen LogP contribution in [0.15, 0.2) is 18.3 Å². The van der Waals surface area contributed by atoms with E-state index in [0.29, 0.717) is 31.0 Å². The fourth-order valence-corrected chi connectivity index (χ4v) is 1.47. The molecule has 0 bridgehead atoms. The van der Waals surface area contributed by atoms with Crippen molar-refractivity contribution in [2.45, 2.75) is 6.92 Å². The SMILES string of the molecule is CCN(CCN(C)c1cc(C#N)ccn1)C(=O)O. The minimum absolute atomic E-state index is 0.404. The molecule has 6 heteroatoms. The molecule has 1 heterocycles. The fourth-order valence-electron chi connectivity index (χ4n) is 1.47. The molecule has 1 amide bonds. The van der Waals surface area contributed by atoms with Gasteiger partial charge in [0.1, 0.15) is 5.82 Å². The summed E-state index contributed by atoms with van der Waals surface area (Å²) in [6, 6.07) is 5.35. The van der Waals surface area contributed by atoms with Gasteiger partial charge in [-0.25, -0.2) is 9.78 Å². The fraction of sp³-hybridized carbons (Fsp3) is 0.417. The van der Waals surface area contributed by atoms with E-state index in [4.69, 9.17) is 10.4 Å². The van der Waals surface area contributed by atoms with Crippen LogP contribution in [0, 0.1) is 11.3 Å². The van der Waals surface area contributed by atoms with Gasteiger partial charge >= 0.3 is 6.09 Å². The Balaban J connectivity index is 2.62. The molecule has 6 nitrogen and oxygen atoms in total. The van der Waals surface area contributed by atoms with Gasteiger partial charge in [-0.2, -0.15) is 5.26 Å². The molecule has 1 rings (SSSR count). The molecule has 0 radical (unpaired) electrons. The molecule has 0 aliphatic carbocycles. The number of carboxylic acid groups (broad SMARTS) is 1. The minimum Gasteiger partial charge on any atom is -0.465 e. The van der Waals surface area contributed by atoms with Crippen LogP contribution in [0.3, 0.4) is 0 Å². The molecule has 0 aliphatic rings. The average molecular weight is 248 g/mol. The summed E-state index contributed by atoms with van der Waals surface area (Å²) >= 11 is 0. The third kappa shape index (κ3) is 3.63. The van der Waals surface area contributed by atoms with Gasteiger partial charge in [0.05, 0.1) is 11.6 Å². The molecule has 1 N–H and O–H groups in total. The Morgan fingerprint density at radius 2 is 2.28 bits per heavy atom. The lowest BCUT2D eigenvalue weighted by molar-refractivity contribution is 0.149. The van der Waals surface area contributed by atoms with Gasteiger partial charge < -0.3 is 14.9 Å². The molecule has 18 heavy (non-hydrogen) atoms. The first-order valence-corrected chi connectivity index (χ1v) is 5.63. The molecular weight excluding hydrogens is 232 g/mol. The Morgan fingerprint density at radius 3 is 2.83 bits per heavy atom. The summed E-state index contributed by atoms with van der Waals surface area (Å²) in [5.41, 5.74) is 0.539. The van der Waals surface area contributed by atoms with Crippen molar-refractivity contribution in [3.8, 4) is 6.07 Å². The number of nitriles is 1. The largest absolute Gasteiger partial charge is 0.465 e. The first-order valence-electron chi connectivity index (χ1n) is 5.63. The van der Waals surface area contributed by atoms with Gasteiger partial charge in [0.15, 0.2) is 0 Å². The first-order chi connectivity index (χ1) is 8.58. The number of hydrogen-bond donors (Lipinski definition) is 1. The summed E-state index contributed by atoms with van der Waals surface area (Å²) in [6.45, 7) is 3.18. The Labute approximate surface area is 106 Å². The van der Waals surface area contributed by atoms with E-state index in [9.17, 15) is 4.79 Å². The van der Waals surface area contributed by atoms with E-state index in [1.807, 2.05) is 18.0 Å². The zero-order chi connectivity index (χ0) is 13.5. The van der Waals surface area contributed by atoms with Gasteiger partial charge in [0.25, 0.3) is 0 Å². The van der Waals surface area contributed by atoms with Gasteiger partial charge in [-0.05, 0) is 19.1 Å². The van der Waals surface area contributed by atoms with Gasteiger partial charge in [-0.15, -0.1) is 0 Å². The lowest BCUT2D eigenvalue weighted by Gasteiger charge is -2.23. The molecule has 0 aromatic carbocycles. The van der Waals surface area contributed by atoms with Crippen LogP contribution in [0.2, 0.25) is 0 Å². The smallest absolute Gasteiger partial charge is 0.407 e. The van der Waals surface area contributed by atoms with Crippen LogP contribution in [0.25, 0.3) is 0 Å². The number of pyridine rings is 1. The van der Waals surface area contributed by atoms with E-state index in [1.165, 1.54) is 4.90 Å². The Bertz CT molecular complexity index is 456. The summed E-state index contributed by atoms with van der Waals surface area (Å²) in [7, 11) is 1.82. The molecule has 96 valence electrons. The summed E-state index contributed by atoms with van der Waals surface area (Å²) in [6.07, 6.45) is 0.642. The maximum absolute atomic E-state index is 10.8. The third-order valence-corrected chi connectivity index (χ3v) is 2.62.